The Morgan fingerprint density at radius 1 is 0.920 bits per heavy atom. The second-order valence-corrected chi connectivity index (χ2v) is 7.56. The van der Waals surface area contributed by atoms with E-state index in [1.54, 1.807) is 0 Å². The topological polar surface area (TPSA) is 28.2 Å². The predicted octanol–water partition coefficient (Wildman–Crippen LogP) is 5.21. The van der Waals surface area contributed by atoms with Crippen molar-refractivity contribution in [2.75, 3.05) is 23.3 Å². The Kier molecular flexibility index (Phi) is 5.19. The van der Waals surface area contributed by atoms with E-state index < -0.39 is 0 Å². The maximum absolute atomic E-state index is 4.59. The van der Waals surface area contributed by atoms with Crippen LogP contribution >= 0.6 is 0 Å². The standard InChI is InChI=1S/C22H29N3/c1-3-8-18(9-4-1)19-10-7-11-20(16-19)24-22-17-21(12-13-23-22)25-14-5-2-6-15-25/h1,3-4,8-9,12-13,17,19-20H,2,5-7,10-11,14-16H2,(H,23,24)/t19-,20+/m1/s1. The number of pyridine rings is 1. The zero-order chi connectivity index (χ0) is 16.9. The molecule has 25 heavy (non-hydrogen) atoms. The number of nitrogens with one attached hydrogen (secondary N) is 1. The summed E-state index contributed by atoms with van der Waals surface area (Å²) in [5, 5.41) is 3.72. The third-order valence-electron chi connectivity index (χ3n) is 5.76. The Morgan fingerprint density at radius 2 is 1.76 bits per heavy atom. The first kappa shape index (κ1) is 16.4. The lowest BCUT2D eigenvalue weighted by Crippen LogP contribution is -2.30. The van der Waals surface area contributed by atoms with Crippen LogP contribution in [0, 0.1) is 0 Å². The van der Waals surface area contributed by atoms with Crippen LogP contribution in [0.25, 0.3) is 0 Å². The quantitative estimate of drug-likeness (QED) is 0.831. The highest BCUT2D eigenvalue weighted by atomic mass is 15.1. The molecule has 2 atom stereocenters. The van der Waals surface area contributed by atoms with Crippen LogP contribution in [0.2, 0.25) is 0 Å². The number of hydrogen-bond donors (Lipinski definition) is 1. The Balaban J connectivity index is 1.41. The molecule has 1 aromatic carbocycles. The zero-order valence-corrected chi connectivity index (χ0v) is 15.0. The second kappa shape index (κ2) is 7.90. The van der Waals surface area contributed by atoms with Crippen LogP contribution in [0.1, 0.15) is 56.4 Å². The lowest BCUT2D eigenvalue weighted by molar-refractivity contribution is 0.410. The van der Waals surface area contributed by atoms with Crippen molar-refractivity contribution in [3.8, 4) is 0 Å². The largest absolute Gasteiger partial charge is 0.371 e. The molecule has 0 unspecified atom stereocenters. The van der Waals surface area contributed by atoms with Crippen molar-refractivity contribution >= 4 is 11.5 Å². The van der Waals surface area contributed by atoms with Gasteiger partial charge in [-0.05, 0) is 56.1 Å². The fourth-order valence-electron chi connectivity index (χ4n) is 4.41. The van der Waals surface area contributed by atoms with E-state index in [9.17, 15) is 0 Å². The number of piperidine rings is 1. The van der Waals surface area contributed by atoms with Gasteiger partial charge in [-0.3, -0.25) is 0 Å². The molecule has 3 nitrogen and oxygen atoms in total. The SMILES string of the molecule is c1ccc([C@@H]2CCC[C@H](Nc3cc(N4CCCCC4)ccn3)C2)cc1. The number of anilines is 2. The molecular formula is C22H29N3. The summed E-state index contributed by atoms with van der Waals surface area (Å²) in [6, 6.07) is 15.9. The van der Waals surface area contributed by atoms with Crippen LogP contribution in [0.3, 0.4) is 0 Å². The van der Waals surface area contributed by atoms with E-state index in [-0.39, 0.29) is 0 Å². The van der Waals surface area contributed by atoms with E-state index in [0.29, 0.717) is 12.0 Å². The summed E-state index contributed by atoms with van der Waals surface area (Å²) in [6.07, 6.45) is 11.0. The molecule has 132 valence electrons. The Hall–Kier alpha value is -2.03. The summed E-state index contributed by atoms with van der Waals surface area (Å²) in [5.41, 5.74) is 2.82. The lowest BCUT2D eigenvalue weighted by atomic mass is 9.81. The average molecular weight is 335 g/mol. The molecule has 0 amide bonds. The summed E-state index contributed by atoms with van der Waals surface area (Å²) in [7, 11) is 0. The highest BCUT2D eigenvalue weighted by molar-refractivity contribution is 5.54. The first-order chi connectivity index (χ1) is 12.4. The summed E-state index contributed by atoms with van der Waals surface area (Å²) in [4.78, 5) is 7.09. The number of rotatable bonds is 4. The predicted molar refractivity (Wildman–Crippen MR) is 105 cm³/mol. The summed E-state index contributed by atoms with van der Waals surface area (Å²) in [6.45, 7) is 2.37. The molecule has 1 aliphatic carbocycles. The van der Waals surface area contributed by atoms with Gasteiger partial charge in [0.15, 0.2) is 0 Å². The van der Waals surface area contributed by atoms with E-state index in [1.165, 1.54) is 69.3 Å². The van der Waals surface area contributed by atoms with E-state index >= 15 is 0 Å². The summed E-state index contributed by atoms with van der Waals surface area (Å²) in [5.74, 6) is 1.72. The van der Waals surface area contributed by atoms with Crippen LogP contribution in [-0.4, -0.2) is 24.1 Å². The molecule has 2 fully saturated rings. The van der Waals surface area contributed by atoms with Crippen molar-refractivity contribution in [1.29, 1.82) is 0 Å². The van der Waals surface area contributed by atoms with Crippen molar-refractivity contribution in [3.05, 3.63) is 54.2 Å². The molecule has 1 aromatic heterocycles. The Morgan fingerprint density at radius 3 is 2.60 bits per heavy atom. The second-order valence-electron chi connectivity index (χ2n) is 7.56. The van der Waals surface area contributed by atoms with E-state index in [4.69, 9.17) is 0 Å². The van der Waals surface area contributed by atoms with Crippen LogP contribution < -0.4 is 10.2 Å². The molecule has 1 saturated carbocycles. The van der Waals surface area contributed by atoms with Crippen molar-refractivity contribution in [3.63, 3.8) is 0 Å². The van der Waals surface area contributed by atoms with Crippen molar-refractivity contribution in [2.24, 2.45) is 0 Å². The Bertz CT molecular complexity index is 664. The van der Waals surface area contributed by atoms with Crippen molar-refractivity contribution < 1.29 is 0 Å². The van der Waals surface area contributed by atoms with Gasteiger partial charge in [-0.1, -0.05) is 36.8 Å². The number of nitrogens with zero attached hydrogens (tertiary/aromatic N) is 2. The van der Waals surface area contributed by atoms with Gasteiger partial charge in [0.25, 0.3) is 0 Å². The van der Waals surface area contributed by atoms with Gasteiger partial charge in [0.2, 0.25) is 0 Å². The van der Waals surface area contributed by atoms with E-state index in [0.717, 1.165) is 5.82 Å². The van der Waals surface area contributed by atoms with Crippen LogP contribution in [0.4, 0.5) is 11.5 Å². The van der Waals surface area contributed by atoms with Crippen LogP contribution in [0.15, 0.2) is 48.7 Å². The molecule has 4 rings (SSSR count). The van der Waals surface area contributed by atoms with Gasteiger partial charge in [0.1, 0.15) is 5.82 Å². The minimum atomic E-state index is 0.531. The van der Waals surface area contributed by atoms with Gasteiger partial charge < -0.3 is 10.2 Å². The van der Waals surface area contributed by atoms with Gasteiger partial charge in [-0.25, -0.2) is 4.98 Å². The molecule has 3 heteroatoms. The molecule has 2 aromatic rings. The summed E-state index contributed by atoms with van der Waals surface area (Å²) < 4.78 is 0. The average Bonchev–Trinajstić information content (AvgIpc) is 2.70. The molecule has 2 heterocycles. The third kappa shape index (κ3) is 4.15. The van der Waals surface area contributed by atoms with Crippen LogP contribution in [0.5, 0.6) is 0 Å². The van der Waals surface area contributed by atoms with Gasteiger partial charge in [0, 0.05) is 37.1 Å². The normalized spacial score (nSPS) is 24.1. The first-order valence-corrected chi connectivity index (χ1v) is 9.91. The number of hydrogen-bond acceptors (Lipinski definition) is 3. The van der Waals surface area contributed by atoms with Gasteiger partial charge in [-0.2, -0.15) is 0 Å². The molecule has 0 bridgehead atoms. The van der Waals surface area contributed by atoms with Gasteiger partial charge in [-0.15, -0.1) is 0 Å². The number of benzene rings is 1. The molecule has 0 radical (unpaired) electrons. The van der Waals surface area contributed by atoms with Crippen LogP contribution in [-0.2, 0) is 0 Å². The molecule has 2 aliphatic rings. The van der Waals surface area contributed by atoms with Crippen molar-refractivity contribution in [2.45, 2.75) is 56.9 Å². The lowest BCUT2D eigenvalue weighted by Gasteiger charge is -2.31. The zero-order valence-electron chi connectivity index (χ0n) is 15.0. The smallest absolute Gasteiger partial charge is 0.128 e. The molecule has 1 aliphatic heterocycles. The highest BCUT2D eigenvalue weighted by Crippen LogP contribution is 2.34. The van der Waals surface area contributed by atoms with E-state index in [2.05, 4.69) is 57.7 Å². The maximum atomic E-state index is 4.59. The molecule has 1 saturated heterocycles. The minimum absolute atomic E-state index is 0.531. The maximum Gasteiger partial charge on any atom is 0.128 e. The third-order valence-corrected chi connectivity index (χ3v) is 5.76. The van der Waals surface area contributed by atoms with Crippen molar-refractivity contribution in [1.82, 2.24) is 4.98 Å². The number of aromatic nitrogens is 1. The monoisotopic (exact) mass is 335 g/mol. The molecule has 1 N–H and O–H groups in total. The molecular weight excluding hydrogens is 306 g/mol. The van der Waals surface area contributed by atoms with Gasteiger partial charge >= 0.3 is 0 Å². The summed E-state index contributed by atoms with van der Waals surface area (Å²) >= 11 is 0. The fourth-order valence-corrected chi connectivity index (χ4v) is 4.41. The van der Waals surface area contributed by atoms with E-state index in [1.807, 2.05) is 6.20 Å². The van der Waals surface area contributed by atoms with Gasteiger partial charge in [0.05, 0.1) is 0 Å². The first-order valence-electron chi connectivity index (χ1n) is 9.91. The fraction of sp³-hybridized carbons (Fsp3) is 0.500. The molecule has 0 spiro atoms. The highest BCUT2D eigenvalue weighted by Gasteiger charge is 2.23. The minimum Gasteiger partial charge on any atom is -0.371 e. The Labute approximate surface area is 151 Å².